The molecule has 1 heterocycles. The van der Waals surface area contributed by atoms with E-state index in [0.717, 1.165) is 16.9 Å². The van der Waals surface area contributed by atoms with E-state index in [4.69, 9.17) is 9.47 Å². The van der Waals surface area contributed by atoms with Gasteiger partial charge in [-0.2, -0.15) is 4.31 Å². The molecule has 174 valence electrons. The van der Waals surface area contributed by atoms with Crippen molar-refractivity contribution in [2.45, 2.75) is 25.7 Å². The van der Waals surface area contributed by atoms with Crippen molar-refractivity contribution in [2.75, 3.05) is 49.7 Å². The lowest BCUT2D eigenvalue weighted by atomic mass is 10.1. The molecule has 7 nitrogen and oxygen atoms in total. The van der Waals surface area contributed by atoms with Gasteiger partial charge in [-0.3, -0.25) is 4.79 Å². The molecule has 1 aliphatic heterocycles. The zero-order chi connectivity index (χ0) is 23.1. The van der Waals surface area contributed by atoms with Crippen LogP contribution in [0.5, 0.6) is 5.75 Å². The van der Waals surface area contributed by atoms with E-state index in [0.29, 0.717) is 49.9 Å². The third kappa shape index (κ3) is 6.25. The van der Waals surface area contributed by atoms with Gasteiger partial charge in [0.25, 0.3) is 0 Å². The van der Waals surface area contributed by atoms with Gasteiger partial charge in [0.1, 0.15) is 5.75 Å². The standard InChI is InChI=1S/C23H30N2O5S2/c1-17-7-8-20(15-21(17)32(27,28)25-9-11-29-12-10-25)24-22(26)16-31-14-13-30-23-18(2)5-4-6-19(23)3/h4-8,15H,9-14,16H2,1-3H3,(H,24,26). The minimum Gasteiger partial charge on any atom is -0.492 e. The number of para-hydroxylation sites is 1. The van der Waals surface area contributed by atoms with E-state index in [1.807, 2.05) is 32.0 Å². The number of rotatable bonds is 9. The van der Waals surface area contributed by atoms with E-state index < -0.39 is 10.0 Å². The Balaban J connectivity index is 1.51. The first-order valence-electron chi connectivity index (χ1n) is 10.5. The normalized spacial score (nSPS) is 14.8. The van der Waals surface area contributed by atoms with Crippen molar-refractivity contribution >= 4 is 33.4 Å². The number of hydrogen-bond donors (Lipinski definition) is 1. The molecule has 1 saturated heterocycles. The minimum absolute atomic E-state index is 0.180. The molecule has 0 saturated carbocycles. The van der Waals surface area contributed by atoms with E-state index >= 15 is 0 Å². The van der Waals surface area contributed by atoms with Crippen molar-refractivity contribution in [3.05, 3.63) is 53.1 Å². The fraction of sp³-hybridized carbons (Fsp3) is 0.435. The fourth-order valence-electron chi connectivity index (χ4n) is 3.47. The first-order valence-corrected chi connectivity index (χ1v) is 13.1. The Labute approximate surface area is 194 Å². The zero-order valence-corrected chi connectivity index (χ0v) is 20.4. The quantitative estimate of drug-likeness (QED) is 0.556. The Kier molecular flexibility index (Phi) is 8.58. The summed E-state index contributed by atoms with van der Waals surface area (Å²) in [5.74, 6) is 1.65. The van der Waals surface area contributed by atoms with E-state index in [1.54, 1.807) is 19.1 Å². The van der Waals surface area contributed by atoms with Gasteiger partial charge < -0.3 is 14.8 Å². The maximum absolute atomic E-state index is 13.0. The highest BCUT2D eigenvalue weighted by Gasteiger charge is 2.28. The highest BCUT2D eigenvalue weighted by molar-refractivity contribution is 7.99. The smallest absolute Gasteiger partial charge is 0.243 e. The number of amides is 1. The fourth-order valence-corrected chi connectivity index (χ4v) is 5.74. The maximum Gasteiger partial charge on any atom is 0.243 e. The van der Waals surface area contributed by atoms with Crippen LogP contribution in [0.3, 0.4) is 0 Å². The molecular weight excluding hydrogens is 448 g/mol. The van der Waals surface area contributed by atoms with Gasteiger partial charge in [0.15, 0.2) is 0 Å². The molecule has 32 heavy (non-hydrogen) atoms. The molecule has 0 atom stereocenters. The number of benzene rings is 2. The average molecular weight is 479 g/mol. The number of sulfonamides is 1. The molecule has 9 heteroatoms. The van der Waals surface area contributed by atoms with Crippen molar-refractivity contribution in [1.82, 2.24) is 4.31 Å². The van der Waals surface area contributed by atoms with Gasteiger partial charge in [-0.15, -0.1) is 11.8 Å². The summed E-state index contributed by atoms with van der Waals surface area (Å²) in [7, 11) is -3.63. The third-order valence-electron chi connectivity index (χ3n) is 5.18. The molecule has 2 aromatic carbocycles. The number of carbonyl (C=O) groups excluding carboxylic acids is 1. The Morgan fingerprint density at radius 2 is 1.78 bits per heavy atom. The lowest BCUT2D eigenvalue weighted by Crippen LogP contribution is -2.40. The Morgan fingerprint density at radius 3 is 2.47 bits per heavy atom. The van der Waals surface area contributed by atoms with Gasteiger partial charge in [0.2, 0.25) is 15.9 Å². The van der Waals surface area contributed by atoms with Gasteiger partial charge in [-0.05, 0) is 49.6 Å². The third-order valence-corrected chi connectivity index (χ3v) is 8.14. The first-order chi connectivity index (χ1) is 15.3. The van der Waals surface area contributed by atoms with Crippen LogP contribution in [-0.4, -0.2) is 63.0 Å². The summed E-state index contributed by atoms with van der Waals surface area (Å²) in [5, 5.41) is 2.80. The second-order valence-electron chi connectivity index (χ2n) is 7.67. The van der Waals surface area contributed by atoms with Crippen LogP contribution in [0.1, 0.15) is 16.7 Å². The summed E-state index contributed by atoms with van der Waals surface area (Å²) in [6, 6.07) is 11.0. The molecule has 1 N–H and O–H groups in total. The molecule has 0 radical (unpaired) electrons. The van der Waals surface area contributed by atoms with Crippen LogP contribution in [0, 0.1) is 20.8 Å². The monoisotopic (exact) mass is 478 g/mol. The molecule has 1 fully saturated rings. The second kappa shape index (κ2) is 11.2. The van der Waals surface area contributed by atoms with Crippen LogP contribution < -0.4 is 10.1 Å². The Morgan fingerprint density at radius 1 is 1.09 bits per heavy atom. The minimum atomic E-state index is -3.63. The highest BCUT2D eigenvalue weighted by atomic mass is 32.2. The summed E-state index contributed by atoms with van der Waals surface area (Å²) < 4.78 is 38.5. The summed E-state index contributed by atoms with van der Waals surface area (Å²) in [4.78, 5) is 12.6. The number of thioether (sulfide) groups is 1. The molecule has 3 rings (SSSR count). The lowest BCUT2D eigenvalue weighted by Gasteiger charge is -2.26. The van der Waals surface area contributed by atoms with Crippen LogP contribution in [0.25, 0.3) is 0 Å². The zero-order valence-electron chi connectivity index (χ0n) is 18.7. The number of hydrogen-bond acceptors (Lipinski definition) is 6. The van der Waals surface area contributed by atoms with E-state index in [2.05, 4.69) is 5.32 Å². The molecule has 1 amide bonds. The Hall–Kier alpha value is -2.07. The largest absolute Gasteiger partial charge is 0.492 e. The number of aryl methyl sites for hydroxylation is 3. The van der Waals surface area contributed by atoms with Gasteiger partial charge in [0.05, 0.1) is 30.5 Å². The number of ether oxygens (including phenoxy) is 2. The average Bonchev–Trinajstić information content (AvgIpc) is 2.77. The van der Waals surface area contributed by atoms with E-state index in [9.17, 15) is 13.2 Å². The highest BCUT2D eigenvalue weighted by Crippen LogP contribution is 2.25. The number of anilines is 1. The van der Waals surface area contributed by atoms with Crippen molar-refractivity contribution in [2.24, 2.45) is 0 Å². The van der Waals surface area contributed by atoms with E-state index in [1.165, 1.54) is 22.1 Å². The maximum atomic E-state index is 13.0. The predicted octanol–water partition coefficient (Wildman–Crippen LogP) is 3.38. The van der Waals surface area contributed by atoms with Crippen LogP contribution >= 0.6 is 11.8 Å². The number of nitrogens with zero attached hydrogens (tertiary/aromatic N) is 1. The second-order valence-corrected chi connectivity index (χ2v) is 10.7. The summed E-state index contributed by atoms with van der Waals surface area (Å²) >= 11 is 1.47. The predicted molar refractivity (Wildman–Crippen MR) is 128 cm³/mol. The van der Waals surface area contributed by atoms with Gasteiger partial charge in [-0.1, -0.05) is 24.3 Å². The summed E-state index contributed by atoms with van der Waals surface area (Å²) in [6.07, 6.45) is 0. The molecule has 2 aromatic rings. The Bertz CT molecular complexity index is 1030. The van der Waals surface area contributed by atoms with Crippen molar-refractivity contribution < 1.29 is 22.7 Å². The summed E-state index contributed by atoms with van der Waals surface area (Å²) in [6.45, 7) is 7.73. The van der Waals surface area contributed by atoms with Crippen LogP contribution in [0.15, 0.2) is 41.3 Å². The van der Waals surface area contributed by atoms with Gasteiger partial charge in [0, 0.05) is 24.5 Å². The molecule has 1 aliphatic rings. The number of carbonyl (C=O) groups is 1. The first kappa shape index (κ1) is 24.6. The molecule has 0 bridgehead atoms. The van der Waals surface area contributed by atoms with Gasteiger partial charge >= 0.3 is 0 Å². The van der Waals surface area contributed by atoms with Crippen molar-refractivity contribution in [3.8, 4) is 5.75 Å². The topological polar surface area (TPSA) is 84.9 Å². The van der Waals surface area contributed by atoms with Crippen LogP contribution in [-0.2, 0) is 19.6 Å². The molecular formula is C23H30N2O5S2. The number of nitrogens with one attached hydrogen (secondary N) is 1. The van der Waals surface area contributed by atoms with Gasteiger partial charge in [-0.25, -0.2) is 8.42 Å². The summed E-state index contributed by atoms with van der Waals surface area (Å²) in [5.41, 5.74) is 3.30. The molecule has 0 spiro atoms. The van der Waals surface area contributed by atoms with E-state index in [-0.39, 0.29) is 16.6 Å². The SMILES string of the molecule is Cc1ccc(NC(=O)CSCCOc2c(C)cccc2C)cc1S(=O)(=O)N1CCOCC1. The lowest BCUT2D eigenvalue weighted by molar-refractivity contribution is -0.113. The van der Waals surface area contributed by atoms with Crippen LogP contribution in [0.4, 0.5) is 5.69 Å². The molecule has 0 aliphatic carbocycles. The van der Waals surface area contributed by atoms with Crippen LogP contribution in [0.2, 0.25) is 0 Å². The molecule has 0 aromatic heterocycles. The van der Waals surface area contributed by atoms with Crippen molar-refractivity contribution in [3.63, 3.8) is 0 Å². The molecule has 0 unspecified atom stereocenters. The number of morpholine rings is 1. The van der Waals surface area contributed by atoms with Crippen molar-refractivity contribution in [1.29, 1.82) is 0 Å².